The topological polar surface area (TPSA) is 27.1 Å². The highest BCUT2D eigenvalue weighted by Gasteiger charge is 2.08. The molecule has 0 aliphatic carbocycles. The summed E-state index contributed by atoms with van der Waals surface area (Å²) in [5.74, 6) is 2.68. The summed E-state index contributed by atoms with van der Waals surface area (Å²) in [6, 6.07) is 5.99. The molecular weight excluding hydrogens is 236 g/mol. The van der Waals surface area contributed by atoms with E-state index in [-0.39, 0.29) is 0 Å². The quantitative estimate of drug-likeness (QED) is 0.604. The van der Waals surface area contributed by atoms with Gasteiger partial charge in [-0.1, -0.05) is 0 Å². The van der Waals surface area contributed by atoms with Crippen LogP contribution in [-0.4, -0.2) is 22.5 Å². The number of rotatable bonds is 5. The molecule has 0 fully saturated rings. The molecule has 4 heteroatoms. The third-order valence-electron chi connectivity index (χ3n) is 2.96. The Morgan fingerprint density at radius 2 is 2.18 bits per heavy atom. The van der Waals surface area contributed by atoms with Crippen LogP contribution in [0.3, 0.4) is 0 Å². The van der Waals surface area contributed by atoms with E-state index in [1.807, 2.05) is 18.2 Å². The van der Waals surface area contributed by atoms with Gasteiger partial charge in [-0.25, -0.2) is 4.98 Å². The number of fused-ring (bicyclic) bond motifs is 1. The van der Waals surface area contributed by atoms with E-state index >= 15 is 0 Å². The smallest absolute Gasteiger partial charge is 0.121 e. The van der Waals surface area contributed by atoms with Gasteiger partial charge in [0.1, 0.15) is 11.6 Å². The van der Waals surface area contributed by atoms with Crippen molar-refractivity contribution in [2.75, 3.05) is 13.0 Å². The minimum atomic E-state index is 0.720. The first-order valence-corrected chi connectivity index (χ1v) is 6.35. The number of methoxy groups -OCH3 is 1. The normalized spacial score (nSPS) is 11.0. The van der Waals surface area contributed by atoms with Crippen LogP contribution in [0.4, 0.5) is 0 Å². The number of alkyl halides is 1. The standard InChI is InChI=1S/C13H17ClN2O/c1-16-12-7-6-10(17-2)9-11(12)15-13(16)5-3-4-8-14/h6-7,9H,3-5,8H2,1-2H3. The highest BCUT2D eigenvalue weighted by atomic mass is 35.5. The Labute approximate surface area is 106 Å². The molecule has 3 nitrogen and oxygen atoms in total. The van der Waals surface area contributed by atoms with Crippen LogP contribution >= 0.6 is 11.6 Å². The average Bonchev–Trinajstić information content (AvgIpc) is 2.66. The van der Waals surface area contributed by atoms with E-state index in [9.17, 15) is 0 Å². The molecule has 2 rings (SSSR count). The van der Waals surface area contributed by atoms with Crippen LogP contribution in [0.2, 0.25) is 0 Å². The predicted octanol–water partition coefficient (Wildman–Crippen LogP) is 3.14. The molecule has 17 heavy (non-hydrogen) atoms. The number of aromatic nitrogens is 2. The Kier molecular flexibility index (Phi) is 3.89. The lowest BCUT2D eigenvalue weighted by Crippen LogP contribution is -1.98. The fourth-order valence-electron chi connectivity index (χ4n) is 1.96. The van der Waals surface area contributed by atoms with Gasteiger partial charge in [0, 0.05) is 25.4 Å². The van der Waals surface area contributed by atoms with E-state index in [2.05, 4.69) is 16.6 Å². The van der Waals surface area contributed by atoms with E-state index in [4.69, 9.17) is 16.3 Å². The Morgan fingerprint density at radius 3 is 2.88 bits per heavy atom. The van der Waals surface area contributed by atoms with E-state index in [1.54, 1.807) is 7.11 Å². The van der Waals surface area contributed by atoms with Gasteiger partial charge in [-0.2, -0.15) is 0 Å². The predicted molar refractivity (Wildman–Crippen MR) is 70.9 cm³/mol. The number of imidazole rings is 1. The van der Waals surface area contributed by atoms with Gasteiger partial charge in [0.2, 0.25) is 0 Å². The maximum absolute atomic E-state index is 5.68. The minimum absolute atomic E-state index is 0.720. The SMILES string of the molecule is COc1ccc2c(c1)nc(CCCCCl)n2C. The van der Waals surface area contributed by atoms with Gasteiger partial charge in [0.15, 0.2) is 0 Å². The van der Waals surface area contributed by atoms with Crippen LogP contribution in [0.25, 0.3) is 11.0 Å². The molecule has 0 unspecified atom stereocenters. The molecule has 1 aromatic carbocycles. The molecule has 0 saturated carbocycles. The van der Waals surface area contributed by atoms with E-state index < -0.39 is 0 Å². The maximum Gasteiger partial charge on any atom is 0.121 e. The monoisotopic (exact) mass is 252 g/mol. The molecule has 0 atom stereocenters. The van der Waals surface area contributed by atoms with Gasteiger partial charge in [-0.15, -0.1) is 11.6 Å². The zero-order chi connectivity index (χ0) is 12.3. The number of ether oxygens (including phenoxy) is 1. The van der Waals surface area contributed by atoms with E-state index in [0.717, 1.165) is 47.7 Å². The van der Waals surface area contributed by atoms with E-state index in [0.29, 0.717) is 0 Å². The summed E-state index contributed by atoms with van der Waals surface area (Å²) in [4.78, 5) is 4.63. The van der Waals surface area contributed by atoms with Crippen LogP contribution in [-0.2, 0) is 13.5 Å². The lowest BCUT2D eigenvalue weighted by atomic mass is 10.2. The van der Waals surface area contributed by atoms with Crippen molar-refractivity contribution in [1.82, 2.24) is 9.55 Å². The second-order valence-corrected chi connectivity index (χ2v) is 4.47. The largest absolute Gasteiger partial charge is 0.497 e. The van der Waals surface area contributed by atoms with Crippen LogP contribution in [0.15, 0.2) is 18.2 Å². The van der Waals surface area contributed by atoms with E-state index in [1.165, 1.54) is 0 Å². The molecule has 0 N–H and O–H groups in total. The maximum atomic E-state index is 5.68. The van der Waals surface area contributed by atoms with Gasteiger partial charge >= 0.3 is 0 Å². The summed E-state index contributed by atoms with van der Waals surface area (Å²) in [7, 11) is 3.73. The first kappa shape index (κ1) is 12.2. The molecule has 2 aromatic rings. The van der Waals surface area contributed by atoms with Gasteiger partial charge in [0.25, 0.3) is 0 Å². The second kappa shape index (κ2) is 5.41. The number of halogens is 1. The second-order valence-electron chi connectivity index (χ2n) is 4.09. The molecule has 0 spiro atoms. The highest BCUT2D eigenvalue weighted by molar-refractivity contribution is 6.17. The van der Waals surface area contributed by atoms with Gasteiger partial charge in [-0.05, 0) is 25.0 Å². The summed E-state index contributed by atoms with van der Waals surface area (Å²) in [6.07, 6.45) is 3.09. The summed E-state index contributed by atoms with van der Waals surface area (Å²) in [5.41, 5.74) is 2.14. The van der Waals surface area contributed by atoms with Crippen LogP contribution in [0, 0.1) is 0 Å². The zero-order valence-electron chi connectivity index (χ0n) is 10.2. The lowest BCUT2D eigenvalue weighted by molar-refractivity contribution is 0.415. The molecule has 0 bridgehead atoms. The van der Waals surface area contributed by atoms with Crippen molar-refractivity contribution in [2.45, 2.75) is 19.3 Å². The Balaban J connectivity index is 2.28. The van der Waals surface area contributed by atoms with Crippen LogP contribution in [0.5, 0.6) is 5.75 Å². The summed E-state index contributed by atoms with van der Waals surface area (Å²) >= 11 is 5.68. The Morgan fingerprint density at radius 1 is 1.35 bits per heavy atom. The minimum Gasteiger partial charge on any atom is -0.497 e. The Bertz CT molecular complexity index is 507. The summed E-state index contributed by atoms with van der Waals surface area (Å²) in [5, 5.41) is 0. The highest BCUT2D eigenvalue weighted by Crippen LogP contribution is 2.21. The number of hydrogen-bond acceptors (Lipinski definition) is 2. The van der Waals surface area contributed by atoms with Crippen molar-refractivity contribution in [2.24, 2.45) is 7.05 Å². The zero-order valence-corrected chi connectivity index (χ0v) is 11.0. The van der Waals surface area contributed by atoms with Crippen LogP contribution < -0.4 is 4.74 Å². The van der Waals surface area contributed by atoms with Crippen molar-refractivity contribution >= 4 is 22.6 Å². The van der Waals surface area contributed by atoms with Crippen molar-refractivity contribution in [3.63, 3.8) is 0 Å². The molecular formula is C13H17ClN2O. The number of hydrogen-bond donors (Lipinski definition) is 0. The van der Waals surface area contributed by atoms with Crippen LogP contribution in [0.1, 0.15) is 18.7 Å². The van der Waals surface area contributed by atoms with Gasteiger partial charge in [-0.3, -0.25) is 0 Å². The molecule has 0 aliphatic heterocycles. The third-order valence-corrected chi connectivity index (χ3v) is 3.23. The van der Waals surface area contributed by atoms with Crippen molar-refractivity contribution in [3.05, 3.63) is 24.0 Å². The first-order chi connectivity index (χ1) is 8.26. The van der Waals surface area contributed by atoms with Gasteiger partial charge in [0.05, 0.1) is 18.1 Å². The summed E-state index contributed by atoms with van der Waals surface area (Å²) in [6.45, 7) is 0. The van der Waals surface area contributed by atoms with Crippen molar-refractivity contribution in [3.8, 4) is 5.75 Å². The summed E-state index contributed by atoms with van der Waals surface area (Å²) < 4.78 is 7.35. The number of benzene rings is 1. The molecule has 92 valence electrons. The molecule has 0 radical (unpaired) electrons. The van der Waals surface area contributed by atoms with Crippen molar-refractivity contribution in [1.29, 1.82) is 0 Å². The van der Waals surface area contributed by atoms with Gasteiger partial charge < -0.3 is 9.30 Å². The average molecular weight is 253 g/mol. The molecule has 0 saturated heterocycles. The fourth-order valence-corrected chi connectivity index (χ4v) is 2.15. The third kappa shape index (κ3) is 2.55. The number of unbranched alkanes of at least 4 members (excludes halogenated alkanes) is 1. The number of nitrogens with zero attached hydrogens (tertiary/aromatic N) is 2. The molecule has 1 aromatic heterocycles. The first-order valence-electron chi connectivity index (χ1n) is 5.81. The molecule has 1 heterocycles. The fraction of sp³-hybridized carbons (Fsp3) is 0.462. The Hall–Kier alpha value is -1.22. The molecule has 0 aliphatic rings. The molecule has 0 amide bonds. The number of aryl methyl sites for hydroxylation is 2. The lowest BCUT2D eigenvalue weighted by Gasteiger charge is -2.01. The van der Waals surface area contributed by atoms with Crippen molar-refractivity contribution < 1.29 is 4.74 Å².